The van der Waals surface area contributed by atoms with Crippen LogP contribution in [0, 0.1) is 43.0 Å². The van der Waals surface area contributed by atoms with E-state index in [1.807, 2.05) is 0 Å². The first-order valence-electron chi connectivity index (χ1n) is 16.7. The quantitative estimate of drug-likeness (QED) is 0.103. The Kier molecular flexibility index (Phi) is 9.80. The first kappa shape index (κ1) is 37.3. The Bertz CT molecular complexity index is 2540. The molecule has 0 aliphatic heterocycles. The van der Waals surface area contributed by atoms with E-state index >= 15 is 8.78 Å². The van der Waals surface area contributed by atoms with E-state index in [2.05, 4.69) is 0 Å². The Balaban J connectivity index is 1.44. The van der Waals surface area contributed by atoms with Gasteiger partial charge in [0.15, 0.2) is 23.1 Å². The molecule has 6 aromatic rings. The largest absolute Gasteiger partial charge is 0.505 e. The van der Waals surface area contributed by atoms with Crippen molar-refractivity contribution in [3.05, 3.63) is 130 Å². The van der Waals surface area contributed by atoms with E-state index < -0.39 is 76.3 Å². The number of carbonyl (C=O) groups excluding carboxylic acids is 2. The topological polar surface area (TPSA) is 159 Å². The van der Waals surface area contributed by atoms with Gasteiger partial charge in [0.05, 0.1) is 22.9 Å². The fraction of sp³-hybridized carbons (Fsp3) is 0.200. The summed E-state index contributed by atoms with van der Waals surface area (Å²) >= 11 is 0. The van der Waals surface area contributed by atoms with E-state index in [-0.39, 0.29) is 68.3 Å². The van der Waals surface area contributed by atoms with Crippen molar-refractivity contribution in [2.75, 3.05) is 0 Å². The highest BCUT2D eigenvalue weighted by Gasteiger charge is 2.37. The van der Waals surface area contributed by atoms with Gasteiger partial charge in [-0.2, -0.15) is 0 Å². The van der Waals surface area contributed by atoms with Crippen LogP contribution in [0.25, 0.3) is 21.8 Å². The van der Waals surface area contributed by atoms with Crippen LogP contribution in [0.1, 0.15) is 74.8 Å². The molecule has 0 saturated carbocycles. The highest BCUT2D eigenvalue weighted by atomic mass is 19.1. The normalized spacial score (nSPS) is 13.2. The molecule has 0 aliphatic carbocycles. The number of carboxylic acid groups (broad SMARTS) is 2. The van der Waals surface area contributed by atoms with E-state index in [1.165, 1.54) is 57.2 Å². The van der Waals surface area contributed by atoms with Crippen LogP contribution in [0.2, 0.25) is 0 Å². The van der Waals surface area contributed by atoms with Crippen molar-refractivity contribution < 1.29 is 57.2 Å². The highest BCUT2D eigenvalue weighted by molar-refractivity contribution is 6.07. The molecule has 14 heteroatoms. The molecule has 0 bridgehead atoms. The first-order valence-corrected chi connectivity index (χ1v) is 16.7. The lowest BCUT2D eigenvalue weighted by molar-refractivity contribution is -0.140. The van der Waals surface area contributed by atoms with E-state index in [1.54, 1.807) is 0 Å². The third kappa shape index (κ3) is 6.22. The van der Waals surface area contributed by atoms with Gasteiger partial charge in [-0.3, -0.25) is 28.3 Å². The zero-order valence-corrected chi connectivity index (χ0v) is 28.9. The van der Waals surface area contributed by atoms with Crippen LogP contribution < -0.4 is 0 Å². The average Bonchev–Trinajstić information content (AvgIpc) is 3.57. The number of hydrogen-bond acceptors (Lipinski definition) is 6. The van der Waals surface area contributed by atoms with Crippen molar-refractivity contribution in [1.82, 2.24) is 9.13 Å². The van der Waals surface area contributed by atoms with Crippen LogP contribution in [0.15, 0.2) is 72.8 Å². The van der Waals surface area contributed by atoms with Gasteiger partial charge < -0.3 is 20.4 Å². The summed E-state index contributed by atoms with van der Waals surface area (Å²) in [7, 11) is 0. The maximum atomic E-state index is 15.8. The van der Waals surface area contributed by atoms with Gasteiger partial charge in [-0.25, -0.2) is 17.6 Å². The third-order valence-corrected chi connectivity index (χ3v) is 9.92. The fourth-order valence-electron chi connectivity index (χ4n) is 7.43. The number of benzene rings is 4. The number of aromatic nitrogens is 2. The van der Waals surface area contributed by atoms with Crippen molar-refractivity contribution >= 4 is 45.6 Å². The van der Waals surface area contributed by atoms with Crippen LogP contribution in [0.4, 0.5) is 17.6 Å². The van der Waals surface area contributed by atoms with Crippen LogP contribution in [-0.2, 0) is 9.59 Å². The summed E-state index contributed by atoms with van der Waals surface area (Å²) in [5.41, 5.74) is -0.854. The maximum Gasteiger partial charge on any atom is 0.311 e. The number of phenolic OH excluding ortho intramolecular Hbond substituents is 2. The predicted molar refractivity (Wildman–Crippen MR) is 188 cm³/mol. The number of phenols is 2. The van der Waals surface area contributed by atoms with Gasteiger partial charge in [-0.1, -0.05) is 19.1 Å². The van der Waals surface area contributed by atoms with Crippen LogP contribution >= 0.6 is 0 Å². The molecule has 0 aliphatic rings. The monoisotopic (exact) mass is 744 g/mol. The summed E-state index contributed by atoms with van der Waals surface area (Å²) in [6.07, 6.45) is -0.556. The Morgan fingerprint density at radius 2 is 1.07 bits per heavy atom. The number of fused-ring (bicyclic) bond motifs is 2. The minimum absolute atomic E-state index is 0.0223. The lowest BCUT2D eigenvalue weighted by atomic mass is 9.80. The smallest absolute Gasteiger partial charge is 0.311 e. The van der Waals surface area contributed by atoms with Crippen molar-refractivity contribution in [2.24, 2.45) is 5.92 Å². The summed E-state index contributed by atoms with van der Waals surface area (Å²) < 4.78 is 61.7. The molecule has 0 fully saturated rings. The summed E-state index contributed by atoms with van der Waals surface area (Å²) in [5, 5.41) is 40.9. The Morgan fingerprint density at radius 1 is 0.630 bits per heavy atom. The van der Waals surface area contributed by atoms with Gasteiger partial charge >= 0.3 is 11.9 Å². The van der Waals surface area contributed by atoms with Crippen molar-refractivity contribution in [3.8, 4) is 11.5 Å². The Morgan fingerprint density at radius 3 is 1.50 bits per heavy atom. The Labute approximate surface area is 304 Å². The van der Waals surface area contributed by atoms with E-state index in [0.717, 1.165) is 45.5 Å². The number of carbonyl (C=O) groups is 4. The molecule has 2 heterocycles. The van der Waals surface area contributed by atoms with E-state index in [4.69, 9.17) is 0 Å². The number of carboxylic acids is 2. The number of aromatic hydroxyl groups is 2. The molecule has 4 aromatic carbocycles. The molecule has 2 aromatic heterocycles. The number of halogens is 4. The minimum Gasteiger partial charge on any atom is -0.505 e. The molecule has 278 valence electrons. The van der Waals surface area contributed by atoms with Crippen LogP contribution in [0.3, 0.4) is 0 Å². The molecule has 54 heavy (non-hydrogen) atoms. The van der Waals surface area contributed by atoms with Crippen LogP contribution in [-0.4, -0.2) is 53.3 Å². The molecule has 10 nitrogen and oxygen atoms in total. The second-order valence-corrected chi connectivity index (χ2v) is 13.1. The van der Waals surface area contributed by atoms with Gasteiger partial charge in [0.2, 0.25) is 0 Å². The number of aliphatic carboxylic acids is 2. The maximum absolute atomic E-state index is 15.8. The van der Waals surface area contributed by atoms with Gasteiger partial charge in [0.25, 0.3) is 11.8 Å². The molecule has 0 spiro atoms. The molecule has 4 N–H and O–H groups in total. The molecule has 0 radical (unpaired) electrons. The second kappa shape index (κ2) is 14.2. The predicted octanol–water partition coefficient (Wildman–Crippen LogP) is 8.01. The molecule has 0 amide bonds. The van der Waals surface area contributed by atoms with E-state index in [0.29, 0.717) is 0 Å². The summed E-state index contributed by atoms with van der Waals surface area (Å²) in [5.74, 6) is -14.3. The minimum atomic E-state index is -1.60. The van der Waals surface area contributed by atoms with Gasteiger partial charge in [-0.05, 0) is 104 Å². The molecule has 3 atom stereocenters. The average molecular weight is 745 g/mol. The van der Waals surface area contributed by atoms with Gasteiger partial charge in [-0.15, -0.1) is 0 Å². The lowest BCUT2D eigenvalue weighted by Gasteiger charge is -2.23. The SMILES string of the molecule is Cc1c(C(CCC(C)C(C(=O)O)c2c(C)n(C(=O)c3cccc(F)c3)c3ccc(O)c(F)c23)C(=O)O)c2c(F)c(O)ccc2n1C(=O)c1cccc(F)c1. The third-order valence-electron chi connectivity index (χ3n) is 9.92. The molecule has 3 unspecified atom stereocenters. The standard InChI is InChI=1S/C40H32F4N2O8/c1-18(30(40(53)54)32-20(3)46(27-13-15-29(48)36(44)34(27)32)38(50)22-7-5-9-24(42)17-22)10-11-25(39(51)52)31-19(2)45(26-12-14-28(47)35(43)33(26)31)37(49)21-6-4-8-23(41)16-21/h4-9,12-18,25,30,47-48H,10-11H2,1-3H3,(H,51,52)(H,53,54). The number of hydrogen-bond donors (Lipinski definition) is 4. The first-order chi connectivity index (χ1) is 25.5. The second-order valence-electron chi connectivity index (χ2n) is 13.1. The van der Waals surface area contributed by atoms with Gasteiger partial charge in [0, 0.05) is 33.3 Å². The van der Waals surface area contributed by atoms with Crippen molar-refractivity contribution in [1.29, 1.82) is 0 Å². The molecule has 0 saturated heterocycles. The summed E-state index contributed by atoms with van der Waals surface area (Å²) in [6, 6.07) is 13.8. The van der Waals surface area contributed by atoms with E-state index in [9.17, 15) is 48.4 Å². The molecule has 6 rings (SSSR count). The summed E-state index contributed by atoms with van der Waals surface area (Å²) in [6.45, 7) is 4.20. The van der Waals surface area contributed by atoms with Crippen LogP contribution in [0.5, 0.6) is 11.5 Å². The zero-order valence-electron chi connectivity index (χ0n) is 28.9. The highest BCUT2D eigenvalue weighted by Crippen LogP contribution is 2.44. The molecular weight excluding hydrogens is 712 g/mol. The zero-order chi connectivity index (χ0) is 39.3. The van der Waals surface area contributed by atoms with Gasteiger partial charge in [0.1, 0.15) is 11.6 Å². The Hall–Kier alpha value is -6.44. The van der Waals surface area contributed by atoms with Crippen molar-refractivity contribution in [2.45, 2.75) is 45.4 Å². The summed E-state index contributed by atoms with van der Waals surface area (Å²) in [4.78, 5) is 53.3. The van der Waals surface area contributed by atoms with Crippen molar-refractivity contribution in [3.63, 3.8) is 0 Å². The lowest BCUT2D eigenvalue weighted by Crippen LogP contribution is -2.23. The number of nitrogens with zero attached hydrogens (tertiary/aromatic N) is 2. The fourth-order valence-corrected chi connectivity index (χ4v) is 7.43. The number of rotatable bonds is 10. The molecular formula is C40H32F4N2O8.